The van der Waals surface area contributed by atoms with Gasteiger partial charge in [0.25, 0.3) is 0 Å². The fraction of sp³-hybridized carbons (Fsp3) is 0.462. The van der Waals surface area contributed by atoms with Crippen molar-refractivity contribution in [2.45, 2.75) is 55.2 Å². The van der Waals surface area contributed by atoms with E-state index in [0.717, 1.165) is 5.56 Å². The molecule has 2 aromatic rings. The maximum atomic E-state index is 13.6. The zero-order chi connectivity index (χ0) is 26.8. The predicted octanol–water partition coefficient (Wildman–Crippen LogP) is 2.09. The Morgan fingerprint density at radius 1 is 1.14 bits per heavy atom. The van der Waals surface area contributed by atoms with Crippen LogP contribution in [0.5, 0.6) is 11.5 Å². The van der Waals surface area contributed by atoms with Crippen molar-refractivity contribution in [2.75, 3.05) is 27.3 Å². The minimum Gasteiger partial charge on any atom is -0.497 e. The fourth-order valence-corrected chi connectivity index (χ4v) is 6.96. The van der Waals surface area contributed by atoms with E-state index in [9.17, 15) is 23.1 Å². The number of benzene rings is 2. The highest BCUT2D eigenvalue weighted by Crippen LogP contribution is 2.38. The first-order valence-electron chi connectivity index (χ1n) is 12.3. The monoisotopic (exact) mass is 531 g/mol. The van der Waals surface area contributed by atoms with Gasteiger partial charge in [0.2, 0.25) is 15.9 Å². The molecule has 2 heterocycles. The summed E-state index contributed by atoms with van der Waals surface area (Å²) in [6.07, 6.45) is 1.15. The second-order valence-corrected chi connectivity index (χ2v) is 11.2. The molecule has 0 aromatic heterocycles. The van der Waals surface area contributed by atoms with Crippen LogP contribution in [-0.2, 0) is 26.0 Å². The average Bonchev–Trinajstić information content (AvgIpc) is 3.15. The van der Waals surface area contributed by atoms with Gasteiger partial charge in [-0.1, -0.05) is 37.3 Å². The van der Waals surface area contributed by atoms with Crippen molar-refractivity contribution in [2.24, 2.45) is 0 Å². The number of rotatable bonds is 9. The van der Waals surface area contributed by atoms with Crippen molar-refractivity contribution in [1.82, 2.24) is 14.5 Å². The van der Waals surface area contributed by atoms with Crippen molar-refractivity contribution in [3.8, 4) is 11.5 Å². The van der Waals surface area contributed by atoms with E-state index in [4.69, 9.17) is 9.47 Å². The largest absolute Gasteiger partial charge is 0.497 e. The Labute approximate surface area is 217 Å². The van der Waals surface area contributed by atoms with Gasteiger partial charge in [-0.15, -0.1) is 0 Å². The smallest absolute Gasteiger partial charge is 0.326 e. The molecule has 37 heavy (non-hydrogen) atoms. The van der Waals surface area contributed by atoms with Crippen molar-refractivity contribution in [3.63, 3.8) is 0 Å². The van der Waals surface area contributed by atoms with Crippen molar-refractivity contribution in [3.05, 3.63) is 54.1 Å². The number of carbonyl (C=O) groups is 2. The van der Waals surface area contributed by atoms with Gasteiger partial charge in [-0.05, 0) is 43.4 Å². The molecule has 1 amide bonds. The lowest BCUT2D eigenvalue weighted by Crippen LogP contribution is -2.63. The minimum atomic E-state index is -3.94. The van der Waals surface area contributed by atoms with Gasteiger partial charge in [0.1, 0.15) is 22.4 Å². The zero-order valence-corrected chi connectivity index (χ0v) is 22.0. The Bertz CT molecular complexity index is 1240. The zero-order valence-electron chi connectivity index (χ0n) is 21.2. The molecule has 2 atom stereocenters. The van der Waals surface area contributed by atoms with Crippen LogP contribution < -0.4 is 14.8 Å². The number of carboxylic acid groups (broad SMARTS) is 1. The first-order valence-corrected chi connectivity index (χ1v) is 13.7. The molecule has 0 aliphatic carbocycles. The van der Waals surface area contributed by atoms with Crippen LogP contribution in [0, 0.1) is 0 Å². The number of carboxylic acids is 1. The first-order chi connectivity index (χ1) is 17.7. The number of carbonyl (C=O) groups excluding carboxylic acids is 1. The molecule has 0 bridgehead atoms. The van der Waals surface area contributed by atoms with Gasteiger partial charge in [0.05, 0.1) is 25.9 Å². The van der Waals surface area contributed by atoms with E-state index in [2.05, 4.69) is 5.32 Å². The van der Waals surface area contributed by atoms with Gasteiger partial charge < -0.3 is 19.5 Å². The summed E-state index contributed by atoms with van der Waals surface area (Å²) in [7, 11) is -1.08. The molecule has 200 valence electrons. The van der Waals surface area contributed by atoms with Crippen molar-refractivity contribution in [1.29, 1.82) is 0 Å². The molecule has 2 N–H and O–H groups in total. The van der Waals surface area contributed by atoms with Crippen LogP contribution >= 0.6 is 0 Å². The third-order valence-electron chi connectivity index (χ3n) is 7.24. The lowest BCUT2D eigenvalue weighted by molar-refractivity contribution is -0.154. The summed E-state index contributed by atoms with van der Waals surface area (Å²) >= 11 is 0. The molecule has 2 unspecified atom stereocenters. The van der Waals surface area contributed by atoms with Crippen LogP contribution in [0.25, 0.3) is 0 Å². The van der Waals surface area contributed by atoms with E-state index in [1.807, 2.05) is 30.3 Å². The van der Waals surface area contributed by atoms with E-state index >= 15 is 0 Å². The van der Waals surface area contributed by atoms with Gasteiger partial charge in [0, 0.05) is 19.2 Å². The van der Waals surface area contributed by atoms with Crippen LogP contribution in [0.3, 0.4) is 0 Å². The number of nitrogens with zero attached hydrogens (tertiary/aromatic N) is 2. The number of methoxy groups -OCH3 is 2. The summed E-state index contributed by atoms with van der Waals surface area (Å²) in [6.45, 7) is 1.94. The molecule has 2 aliphatic heterocycles. The predicted molar refractivity (Wildman–Crippen MR) is 136 cm³/mol. The van der Waals surface area contributed by atoms with E-state index < -0.39 is 33.7 Å². The van der Waals surface area contributed by atoms with E-state index in [1.54, 1.807) is 19.1 Å². The number of piperidine rings is 1. The van der Waals surface area contributed by atoms with Crippen LogP contribution in [0.2, 0.25) is 0 Å². The average molecular weight is 532 g/mol. The number of hydrogen-bond acceptors (Lipinski definition) is 7. The van der Waals surface area contributed by atoms with Crippen molar-refractivity contribution < 1.29 is 32.6 Å². The van der Waals surface area contributed by atoms with E-state index in [1.165, 1.54) is 29.5 Å². The van der Waals surface area contributed by atoms with E-state index in [0.29, 0.717) is 12.2 Å². The molecule has 2 saturated heterocycles. The van der Waals surface area contributed by atoms with Crippen LogP contribution in [0.1, 0.15) is 31.7 Å². The Morgan fingerprint density at radius 2 is 1.81 bits per heavy atom. The molecule has 0 saturated carbocycles. The summed E-state index contributed by atoms with van der Waals surface area (Å²) in [5.41, 5.74) is -0.000978. The molecule has 4 rings (SSSR count). The second kappa shape index (κ2) is 10.7. The Kier molecular flexibility index (Phi) is 7.77. The molecular formula is C26H33N3O7S. The highest BCUT2D eigenvalue weighted by atomic mass is 32.2. The maximum Gasteiger partial charge on any atom is 0.326 e. The second-order valence-electron chi connectivity index (χ2n) is 9.31. The van der Waals surface area contributed by atoms with Crippen LogP contribution in [0.15, 0.2) is 53.4 Å². The first kappa shape index (κ1) is 26.9. The Balaban J connectivity index is 1.62. The summed E-state index contributed by atoms with van der Waals surface area (Å²) < 4.78 is 39.0. The maximum absolute atomic E-state index is 13.6. The quantitative estimate of drug-likeness (QED) is 0.504. The van der Waals surface area contributed by atoms with Crippen molar-refractivity contribution >= 4 is 21.9 Å². The summed E-state index contributed by atoms with van der Waals surface area (Å²) in [4.78, 5) is 27.2. The fourth-order valence-electron chi connectivity index (χ4n) is 5.35. The molecule has 10 nitrogen and oxygen atoms in total. The number of nitrogens with one attached hydrogen (secondary N) is 1. The number of amides is 1. The standard InChI is InChI=1S/C26H33N3O7S/c1-4-21(25(31)32)29-24(30)20(16-18-8-6-5-7-9-18)27-26(29)12-14-28(15-13-26)37(33,34)23-17-19(35-2)10-11-22(23)36-3/h5-11,17,20-21,27H,4,12-16H2,1-3H3,(H,31,32). The number of ether oxygens (including phenoxy) is 2. The molecule has 2 aliphatic rings. The third-order valence-corrected chi connectivity index (χ3v) is 9.16. The third kappa shape index (κ3) is 5.03. The summed E-state index contributed by atoms with van der Waals surface area (Å²) in [5.74, 6) is -0.757. The van der Waals surface area contributed by atoms with Crippen LogP contribution in [0.4, 0.5) is 0 Å². The SMILES string of the molecule is CCC(C(=O)O)N1C(=O)C(Cc2ccccc2)NC12CCN(S(=O)(=O)c1cc(OC)ccc1OC)CC2. The normalized spacial score (nSPS) is 20.7. The number of hydrogen-bond donors (Lipinski definition) is 2. The van der Waals surface area contributed by atoms with Gasteiger partial charge in [-0.3, -0.25) is 10.1 Å². The molecule has 2 fully saturated rings. The Morgan fingerprint density at radius 3 is 2.38 bits per heavy atom. The highest BCUT2D eigenvalue weighted by molar-refractivity contribution is 7.89. The number of aliphatic carboxylic acids is 1. The highest BCUT2D eigenvalue weighted by Gasteiger charge is 2.55. The molecule has 0 radical (unpaired) electrons. The topological polar surface area (TPSA) is 125 Å². The lowest BCUT2D eigenvalue weighted by atomic mass is 9.95. The Hall–Kier alpha value is -3.15. The summed E-state index contributed by atoms with van der Waals surface area (Å²) in [5, 5.41) is 13.3. The van der Waals surface area contributed by atoms with E-state index in [-0.39, 0.29) is 48.9 Å². The van der Waals surface area contributed by atoms with Crippen LogP contribution in [-0.4, -0.2) is 79.7 Å². The summed E-state index contributed by atoms with van der Waals surface area (Å²) in [6, 6.07) is 12.5. The van der Waals surface area contributed by atoms with Gasteiger partial charge >= 0.3 is 5.97 Å². The van der Waals surface area contributed by atoms with Gasteiger partial charge in [-0.25, -0.2) is 13.2 Å². The lowest BCUT2D eigenvalue weighted by Gasteiger charge is -2.46. The molecular weight excluding hydrogens is 498 g/mol. The molecule has 1 spiro atoms. The number of sulfonamides is 1. The van der Waals surface area contributed by atoms with Gasteiger partial charge in [0.15, 0.2) is 0 Å². The molecule has 2 aromatic carbocycles. The molecule has 11 heteroatoms. The van der Waals surface area contributed by atoms with Gasteiger partial charge in [-0.2, -0.15) is 4.31 Å². The minimum absolute atomic E-state index is 0.00321.